The Kier molecular flexibility index (Phi) is 5.32. The number of anilines is 1. The molecule has 0 unspecified atom stereocenters. The van der Waals surface area contributed by atoms with Gasteiger partial charge in [-0.1, -0.05) is 0 Å². The molecule has 0 aliphatic rings. The lowest BCUT2D eigenvalue weighted by molar-refractivity contribution is 0.206. The SMILES string of the molecule is COCCN(C)c1nccc2oc(-c3cnc4ccc(OC[C@H](C)N)nn34)cc12. The van der Waals surface area contributed by atoms with Crippen molar-refractivity contribution in [2.75, 3.05) is 38.8 Å². The van der Waals surface area contributed by atoms with E-state index in [9.17, 15) is 0 Å². The Labute approximate surface area is 168 Å². The molecule has 0 saturated carbocycles. The summed E-state index contributed by atoms with van der Waals surface area (Å²) >= 11 is 0. The maximum atomic E-state index is 6.09. The smallest absolute Gasteiger partial charge is 0.231 e. The minimum atomic E-state index is -0.0776. The van der Waals surface area contributed by atoms with Crippen LogP contribution in [-0.4, -0.2) is 59.5 Å². The van der Waals surface area contributed by atoms with Crippen LogP contribution in [0.2, 0.25) is 0 Å². The zero-order valence-corrected chi connectivity index (χ0v) is 16.7. The van der Waals surface area contributed by atoms with Crippen molar-refractivity contribution < 1.29 is 13.9 Å². The molecule has 4 rings (SSSR count). The summed E-state index contributed by atoms with van der Waals surface area (Å²) in [4.78, 5) is 11.0. The highest BCUT2D eigenvalue weighted by Gasteiger charge is 2.17. The van der Waals surface area contributed by atoms with Gasteiger partial charge in [0.2, 0.25) is 5.88 Å². The third-order valence-electron chi connectivity index (χ3n) is 4.50. The van der Waals surface area contributed by atoms with Gasteiger partial charge in [0.05, 0.1) is 18.2 Å². The molecule has 0 amide bonds. The van der Waals surface area contributed by atoms with Crippen LogP contribution in [0.4, 0.5) is 5.82 Å². The van der Waals surface area contributed by atoms with Crippen LogP contribution in [0, 0.1) is 0 Å². The number of fused-ring (bicyclic) bond motifs is 2. The van der Waals surface area contributed by atoms with Crippen LogP contribution in [0.25, 0.3) is 28.1 Å². The van der Waals surface area contributed by atoms with Crippen molar-refractivity contribution >= 4 is 22.4 Å². The van der Waals surface area contributed by atoms with Gasteiger partial charge in [-0.25, -0.2) is 14.5 Å². The number of hydrogen-bond donors (Lipinski definition) is 1. The summed E-state index contributed by atoms with van der Waals surface area (Å²) in [5.74, 6) is 1.96. The Morgan fingerprint density at radius 2 is 2.14 bits per heavy atom. The molecule has 2 N–H and O–H groups in total. The summed E-state index contributed by atoms with van der Waals surface area (Å²) < 4.78 is 18.6. The van der Waals surface area contributed by atoms with Gasteiger partial charge >= 0.3 is 0 Å². The number of nitrogens with zero attached hydrogens (tertiary/aromatic N) is 5. The molecule has 4 heterocycles. The van der Waals surface area contributed by atoms with E-state index in [4.69, 9.17) is 19.6 Å². The topological polar surface area (TPSA) is 104 Å². The Balaban J connectivity index is 1.72. The van der Waals surface area contributed by atoms with Crippen LogP contribution in [-0.2, 0) is 4.74 Å². The van der Waals surface area contributed by atoms with Crippen molar-refractivity contribution in [3.63, 3.8) is 0 Å². The van der Waals surface area contributed by atoms with Gasteiger partial charge in [-0.2, -0.15) is 0 Å². The zero-order valence-electron chi connectivity index (χ0n) is 16.7. The second-order valence-corrected chi connectivity index (χ2v) is 6.94. The zero-order chi connectivity index (χ0) is 20.4. The first-order valence-electron chi connectivity index (χ1n) is 9.39. The average Bonchev–Trinajstić information content (AvgIpc) is 3.33. The van der Waals surface area contributed by atoms with E-state index < -0.39 is 0 Å². The largest absolute Gasteiger partial charge is 0.475 e. The Morgan fingerprint density at radius 1 is 1.28 bits per heavy atom. The monoisotopic (exact) mass is 396 g/mol. The number of methoxy groups -OCH3 is 1. The number of rotatable bonds is 8. The summed E-state index contributed by atoms with van der Waals surface area (Å²) in [5, 5.41) is 5.44. The summed E-state index contributed by atoms with van der Waals surface area (Å²) in [6.07, 6.45) is 3.47. The Morgan fingerprint density at radius 3 is 2.93 bits per heavy atom. The summed E-state index contributed by atoms with van der Waals surface area (Å²) in [6, 6.07) is 7.36. The van der Waals surface area contributed by atoms with Gasteiger partial charge < -0.3 is 24.5 Å². The maximum Gasteiger partial charge on any atom is 0.231 e. The lowest BCUT2D eigenvalue weighted by Gasteiger charge is -2.17. The number of imidazole rings is 1. The van der Waals surface area contributed by atoms with Crippen LogP contribution in [0.15, 0.2) is 41.1 Å². The van der Waals surface area contributed by atoms with Gasteiger partial charge in [-0.15, -0.1) is 5.10 Å². The van der Waals surface area contributed by atoms with Crippen LogP contribution < -0.4 is 15.4 Å². The Bertz CT molecular complexity index is 1120. The normalized spacial score (nSPS) is 12.6. The van der Waals surface area contributed by atoms with Crippen molar-refractivity contribution in [3.05, 3.63) is 36.7 Å². The average molecular weight is 396 g/mol. The fraction of sp³-hybridized carbons (Fsp3) is 0.350. The molecule has 0 spiro atoms. The molecule has 0 aliphatic carbocycles. The third kappa shape index (κ3) is 3.87. The van der Waals surface area contributed by atoms with Crippen molar-refractivity contribution in [1.82, 2.24) is 19.6 Å². The van der Waals surface area contributed by atoms with Crippen molar-refractivity contribution in [3.8, 4) is 17.3 Å². The third-order valence-corrected chi connectivity index (χ3v) is 4.50. The number of likely N-dealkylation sites (N-methyl/N-ethyl adjacent to an activating group) is 1. The molecular formula is C20H24N6O3. The summed E-state index contributed by atoms with van der Waals surface area (Å²) in [6.45, 7) is 3.60. The van der Waals surface area contributed by atoms with E-state index in [-0.39, 0.29) is 6.04 Å². The lowest BCUT2D eigenvalue weighted by Crippen LogP contribution is -2.24. The number of pyridine rings is 1. The molecule has 152 valence electrons. The molecule has 0 fully saturated rings. The van der Waals surface area contributed by atoms with E-state index >= 15 is 0 Å². The number of ether oxygens (including phenoxy) is 2. The first kappa shape index (κ1) is 19.2. The quantitative estimate of drug-likeness (QED) is 0.484. The predicted octanol–water partition coefficient (Wildman–Crippen LogP) is 2.35. The number of nitrogens with two attached hydrogens (primary N) is 1. The van der Waals surface area contributed by atoms with Crippen LogP contribution in [0.3, 0.4) is 0 Å². The number of aromatic nitrogens is 4. The van der Waals surface area contributed by atoms with Crippen LogP contribution >= 0.6 is 0 Å². The van der Waals surface area contributed by atoms with Gasteiger partial charge in [0, 0.05) is 39.0 Å². The molecule has 4 aromatic rings. The van der Waals surface area contributed by atoms with E-state index in [2.05, 4.69) is 15.1 Å². The van der Waals surface area contributed by atoms with E-state index in [1.807, 2.05) is 37.1 Å². The fourth-order valence-corrected chi connectivity index (χ4v) is 3.03. The highest BCUT2D eigenvalue weighted by atomic mass is 16.5. The highest BCUT2D eigenvalue weighted by Crippen LogP contribution is 2.32. The first-order valence-corrected chi connectivity index (χ1v) is 9.39. The standard InChI is InChI=1S/C20H24N6O3/c1-13(21)12-28-19-5-4-18-23-11-15(26(18)24-19)17-10-14-16(29-17)6-7-22-20(14)25(2)8-9-27-3/h4-7,10-11,13H,8-9,12,21H2,1-3H3/t13-/m0/s1. The van der Waals surface area contributed by atoms with Gasteiger partial charge in [0.15, 0.2) is 11.4 Å². The molecule has 9 heteroatoms. The lowest BCUT2D eigenvalue weighted by atomic mass is 10.2. The van der Waals surface area contributed by atoms with E-state index in [1.165, 1.54) is 0 Å². The molecule has 0 radical (unpaired) electrons. The van der Waals surface area contributed by atoms with Gasteiger partial charge in [-0.3, -0.25) is 0 Å². The molecular weight excluding hydrogens is 372 g/mol. The van der Waals surface area contributed by atoms with Crippen LogP contribution in [0.5, 0.6) is 5.88 Å². The van der Waals surface area contributed by atoms with E-state index in [0.717, 1.165) is 29.0 Å². The Hall–Kier alpha value is -3.17. The molecule has 0 aromatic carbocycles. The summed E-state index contributed by atoms with van der Waals surface area (Å²) in [5.41, 5.74) is 7.93. The molecule has 0 bridgehead atoms. The minimum absolute atomic E-state index is 0.0776. The van der Waals surface area contributed by atoms with E-state index in [1.54, 1.807) is 30.1 Å². The second-order valence-electron chi connectivity index (χ2n) is 6.94. The molecule has 4 aromatic heterocycles. The molecule has 1 atom stereocenters. The van der Waals surface area contributed by atoms with Crippen molar-refractivity contribution in [2.24, 2.45) is 5.73 Å². The highest BCUT2D eigenvalue weighted by molar-refractivity contribution is 5.91. The van der Waals surface area contributed by atoms with Crippen molar-refractivity contribution in [1.29, 1.82) is 0 Å². The molecule has 0 saturated heterocycles. The molecule has 9 nitrogen and oxygen atoms in total. The van der Waals surface area contributed by atoms with Gasteiger partial charge in [0.25, 0.3) is 0 Å². The molecule has 29 heavy (non-hydrogen) atoms. The van der Waals surface area contributed by atoms with E-state index in [0.29, 0.717) is 30.5 Å². The predicted molar refractivity (Wildman–Crippen MR) is 110 cm³/mol. The number of hydrogen-bond acceptors (Lipinski definition) is 8. The van der Waals surface area contributed by atoms with Gasteiger partial charge in [-0.05, 0) is 25.1 Å². The van der Waals surface area contributed by atoms with Gasteiger partial charge in [0.1, 0.15) is 23.7 Å². The fourth-order valence-electron chi connectivity index (χ4n) is 3.03. The molecule has 0 aliphatic heterocycles. The minimum Gasteiger partial charge on any atom is -0.475 e. The number of furan rings is 1. The first-order chi connectivity index (χ1) is 14.1. The second kappa shape index (κ2) is 8.06. The van der Waals surface area contributed by atoms with Crippen molar-refractivity contribution in [2.45, 2.75) is 13.0 Å². The maximum absolute atomic E-state index is 6.09. The van der Waals surface area contributed by atoms with Crippen LogP contribution in [0.1, 0.15) is 6.92 Å². The summed E-state index contributed by atoms with van der Waals surface area (Å²) in [7, 11) is 3.66.